The summed E-state index contributed by atoms with van der Waals surface area (Å²) in [5.41, 5.74) is 0.922. The Morgan fingerprint density at radius 3 is 2.91 bits per heavy atom. The third-order valence-electron chi connectivity index (χ3n) is 4.50. The maximum atomic E-state index is 13.2. The van der Waals surface area contributed by atoms with Gasteiger partial charge in [0.25, 0.3) is 0 Å². The summed E-state index contributed by atoms with van der Waals surface area (Å²) < 4.78 is 13.2. The summed E-state index contributed by atoms with van der Waals surface area (Å²) in [6.07, 6.45) is 5.31. The molecule has 0 saturated heterocycles. The Bertz CT molecular complexity index is 492. The third-order valence-corrected chi connectivity index (χ3v) is 4.50. The Morgan fingerprint density at radius 1 is 1.41 bits per heavy atom. The zero-order chi connectivity index (χ0) is 15.9. The SMILES string of the molecule is CC(CC(=O)NC1CCCCC1CO)Cc1cccc(F)c1. The smallest absolute Gasteiger partial charge is 0.220 e. The van der Waals surface area contributed by atoms with E-state index in [1.807, 2.05) is 13.0 Å². The minimum absolute atomic E-state index is 0.0363. The minimum atomic E-state index is -0.234. The van der Waals surface area contributed by atoms with E-state index in [0.717, 1.165) is 31.2 Å². The molecule has 0 aliphatic heterocycles. The van der Waals surface area contributed by atoms with Gasteiger partial charge in [0.15, 0.2) is 0 Å². The minimum Gasteiger partial charge on any atom is -0.396 e. The lowest BCUT2D eigenvalue weighted by Crippen LogP contribution is -2.43. The van der Waals surface area contributed by atoms with Gasteiger partial charge in [-0.15, -0.1) is 0 Å². The van der Waals surface area contributed by atoms with Gasteiger partial charge >= 0.3 is 0 Å². The number of hydrogen-bond donors (Lipinski definition) is 2. The Hall–Kier alpha value is -1.42. The molecule has 0 radical (unpaired) electrons. The predicted molar refractivity (Wildman–Crippen MR) is 84.9 cm³/mol. The van der Waals surface area contributed by atoms with Crippen molar-refractivity contribution < 1.29 is 14.3 Å². The molecule has 0 heterocycles. The molecule has 2 rings (SSSR count). The zero-order valence-corrected chi connectivity index (χ0v) is 13.2. The van der Waals surface area contributed by atoms with E-state index < -0.39 is 0 Å². The molecule has 2 N–H and O–H groups in total. The Balaban J connectivity index is 1.80. The van der Waals surface area contributed by atoms with Crippen LogP contribution in [0.15, 0.2) is 24.3 Å². The van der Waals surface area contributed by atoms with E-state index in [1.165, 1.54) is 12.1 Å². The molecule has 1 aliphatic carbocycles. The van der Waals surface area contributed by atoms with Crippen LogP contribution >= 0.6 is 0 Å². The molecule has 1 amide bonds. The van der Waals surface area contributed by atoms with Crippen LogP contribution in [0.1, 0.15) is 44.6 Å². The van der Waals surface area contributed by atoms with E-state index in [1.54, 1.807) is 6.07 Å². The van der Waals surface area contributed by atoms with Crippen LogP contribution in [0, 0.1) is 17.7 Å². The second kappa shape index (κ2) is 8.28. The van der Waals surface area contributed by atoms with E-state index in [2.05, 4.69) is 5.32 Å². The predicted octanol–water partition coefficient (Wildman–Crippen LogP) is 3.06. The summed E-state index contributed by atoms with van der Waals surface area (Å²) in [5, 5.41) is 12.5. The summed E-state index contributed by atoms with van der Waals surface area (Å²) in [5.74, 6) is 0.158. The van der Waals surface area contributed by atoms with Crippen molar-refractivity contribution in [2.75, 3.05) is 6.61 Å². The summed E-state index contributed by atoms with van der Waals surface area (Å²) in [6.45, 7) is 2.15. The Labute approximate surface area is 131 Å². The van der Waals surface area contributed by atoms with Gasteiger partial charge in [0.1, 0.15) is 5.82 Å². The van der Waals surface area contributed by atoms with Crippen molar-refractivity contribution in [3.05, 3.63) is 35.6 Å². The maximum absolute atomic E-state index is 13.2. The number of carbonyl (C=O) groups excluding carboxylic acids is 1. The lowest BCUT2D eigenvalue weighted by molar-refractivity contribution is -0.123. The van der Waals surface area contributed by atoms with Crippen LogP contribution in [0.3, 0.4) is 0 Å². The molecule has 1 fully saturated rings. The first-order valence-electron chi connectivity index (χ1n) is 8.23. The molecule has 0 spiro atoms. The highest BCUT2D eigenvalue weighted by Gasteiger charge is 2.26. The average Bonchev–Trinajstić information content (AvgIpc) is 2.47. The number of halogens is 1. The molecule has 122 valence electrons. The number of aliphatic hydroxyl groups is 1. The molecular weight excluding hydrogens is 281 g/mol. The van der Waals surface area contributed by atoms with Crippen molar-refractivity contribution in [1.82, 2.24) is 5.32 Å². The van der Waals surface area contributed by atoms with Crippen molar-refractivity contribution in [2.24, 2.45) is 11.8 Å². The fourth-order valence-corrected chi connectivity index (χ4v) is 3.34. The van der Waals surface area contributed by atoms with Gasteiger partial charge in [-0.25, -0.2) is 4.39 Å². The molecule has 0 bridgehead atoms. The lowest BCUT2D eigenvalue weighted by Gasteiger charge is -2.31. The number of amides is 1. The van der Waals surface area contributed by atoms with Crippen molar-refractivity contribution in [2.45, 2.75) is 51.5 Å². The van der Waals surface area contributed by atoms with Crippen LogP contribution < -0.4 is 5.32 Å². The van der Waals surface area contributed by atoms with Crippen LogP contribution in [-0.4, -0.2) is 23.7 Å². The Morgan fingerprint density at radius 2 is 2.18 bits per heavy atom. The first-order chi connectivity index (χ1) is 10.6. The highest BCUT2D eigenvalue weighted by Crippen LogP contribution is 2.24. The molecular formula is C18H26FNO2. The van der Waals surface area contributed by atoms with Crippen molar-refractivity contribution >= 4 is 5.91 Å². The monoisotopic (exact) mass is 307 g/mol. The number of hydrogen-bond acceptors (Lipinski definition) is 2. The van der Waals surface area contributed by atoms with E-state index >= 15 is 0 Å². The largest absolute Gasteiger partial charge is 0.396 e. The van der Waals surface area contributed by atoms with E-state index in [9.17, 15) is 14.3 Å². The topological polar surface area (TPSA) is 49.3 Å². The molecule has 1 aromatic carbocycles. The molecule has 1 aromatic rings. The summed E-state index contributed by atoms with van der Waals surface area (Å²) >= 11 is 0. The zero-order valence-electron chi connectivity index (χ0n) is 13.2. The van der Waals surface area contributed by atoms with Crippen LogP contribution in [-0.2, 0) is 11.2 Å². The van der Waals surface area contributed by atoms with Crippen LogP contribution in [0.4, 0.5) is 4.39 Å². The fourth-order valence-electron chi connectivity index (χ4n) is 3.34. The quantitative estimate of drug-likeness (QED) is 0.848. The maximum Gasteiger partial charge on any atom is 0.220 e. The van der Waals surface area contributed by atoms with Gasteiger partial charge in [-0.1, -0.05) is 31.9 Å². The molecule has 1 saturated carbocycles. The van der Waals surface area contributed by atoms with Crippen LogP contribution in [0.25, 0.3) is 0 Å². The van der Waals surface area contributed by atoms with Gasteiger partial charge in [-0.2, -0.15) is 0 Å². The van der Waals surface area contributed by atoms with Gasteiger partial charge in [0.2, 0.25) is 5.91 Å². The molecule has 22 heavy (non-hydrogen) atoms. The van der Waals surface area contributed by atoms with Crippen molar-refractivity contribution in [3.63, 3.8) is 0 Å². The first-order valence-corrected chi connectivity index (χ1v) is 8.23. The lowest BCUT2D eigenvalue weighted by atomic mass is 9.85. The van der Waals surface area contributed by atoms with Gasteiger partial charge < -0.3 is 10.4 Å². The summed E-state index contributed by atoms with van der Waals surface area (Å²) in [6, 6.07) is 6.65. The van der Waals surface area contributed by atoms with Crippen molar-refractivity contribution in [1.29, 1.82) is 0 Å². The first kappa shape index (κ1) is 16.9. The highest BCUT2D eigenvalue weighted by molar-refractivity contribution is 5.76. The molecule has 1 aliphatic rings. The number of carbonyl (C=O) groups is 1. The van der Waals surface area contributed by atoms with E-state index in [0.29, 0.717) is 12.8 Å². The molecule has 0 aromatic heterocycles. The van der Waals surface area contributed by atoms with Crippen LogP contribution in [0.2, 0.25) is 0 Å². The molecule has 3 atom stereocenters. The molecule has 3 unspecified atom stereocenters. The Kier molecular flexibility index (Phi) is 6.37. The summed E-state index contributed by atoms with van der Waals surface area (Å²) in [7, 11) is 0. The molecule has 3 nitrogen and oxygen atoms in total. The van der Waals surface area contributed by atoms with E-state index in [4.69, 9.17) is 0 Å². The second-order valence-corrected chi connectivity index (χ2v) is 6.54. The average molecular weight is 307 g/mol. The van der Waals surface area contributed by atoms with Gasteiger partial charge in [0, 0.05) is 25.0 Å². The molecule has 4 heteroatoms. The normalized spacial score (nSPS) is 23.0. The van der Waals surface area contributed by atoms with Gasteiger partial charge in [-0.3, -0.25) is 4.79 Å². The third kappa shape index (κ3) is 5.09. The highest BCUT2D eigenvalue weighted by atomic mass is 19.1. The number of rotatable bonds is 6. The van der Waals surface area contributed by atoms with Gasteiger partial charge in [-0.05, 0) is 42.9 Å². The van der Waals surface area contributed by atoms with Crippen LogP contribution in [0.5, 0.6) is 0 Å². The number of benzene rings is 1. The van der Waals surface area contributed by atoms with E-state index in [-0.39, 0.29) is 36.2 Å². The number of aliphatic hydroxyl groups excluding tert-OH is 1. The van der Waals surface area contributed by atoms with Gasteiger partial charge in [0.05, 0.1) is 0 Å². The standard InChI is InChI=1S/C18H26FNO2/c1-13(9-14-5-4-7-16(19)11-14)10-18(22)20-17-8-3-2-6-15(17)12-21/h4-5,7,11,13,15,17,21H,2-3,6,8-10,12H2,1H3,(H,20,22). The van der Waals surface area contributed by atoms with Crippen molar-refractivity contribution in [3.8, 4) is 0 Å². The second-order valence-electron chi connectivity index (χ2n) is 6.54. The summed E-state index contributed by atoms with van der Waals surface area (Å²) in [4.78, 5) is 12.2. The number of nitrogens with one attached hydrogen (secondary N) is 1. The fraction of sp³-hybridized carbons (Fsp3) is 0.611.